The van der Waals surface area contributed by atoms with Gasteiger partial charge in [-0.05, 0) is 36.5 Å². The zero-order valence-corrected chi connectivity index (χ0v) is 22.8. The van der Waals surface area contributed by atoms with Gasteiger partial charge in [0.15, 0.2) is 5.82 Å². The Morgan fingerprint density at radius 2 is 1.72 bits per heavy atom. The van der Waals surface area contributed by atoms with Crippen molar-refractivity contribution >= 4 is 5.91 Å². The minimum Gasteiger partial charge on any atom is -0.356 e. The molecule has 4 rings (SSSR count). The molecule has 0 bridgehead atoms. The van der Waals surface area contributed by atoms with Gasteiger partial charge in [0.05, 0.1) is 13.0 Å². The van der Waals surface area contributed by atoms with Crippen LogP contribution in [-0.2, 0) is 24.2 Å². The van der Waals surface area contributed by atoms with E-state index < -0.39 is 5.76 Å². The number of unbranched alkanes of at least 4 members (excludes halogenated alkanes) is 2. The molecule has 0 saturated heterocycles. The standard InChI is InChI=1S/C30H35N5O4/c1-4-6-12-26-32-20(3)25(18-27(36)31-17-7-5-2)29(37)35(26)19-21-13-15-22(16-14-21)23-10-8-9-11-24(23)28-33-30(38)39-34-28/h8-11,13-16H,4-7,12,17-19H2,1-3H3,(H,31,36)(H,33,34,38). The Balaban J connectivity index is 1.63. The highest BCUT2D eigenvalue weighted by Crippen LogP contribution is 2.30. The van der Waals surface area contributed by atoms with Crippen molar-refractivity contribution in [2.45, 2.75) is 65.8 Å². The van der Waals surface area contributed by atoms with Gasteiger partial charge in [0, 0.05) is 29.8 Å². The molecule has 204 valence electrons. The van der Waals surface area contributed by atoms with E-state index in [-0.39, 0.29) is 17.9 Å². The zero-order chi connectivity index (χ0) is 27.8. The Labute approximate surface area is 227 Å². The molecular weight excluding hydrogens is 494 g/mol. The highest BCUT2D eigenvalue weighted by atomic mass is 16.5. The van der Waals surface area contributed by atoms with Crippen LogP contribution in [0.1, 0.15) is 62.2 Å². The molecule has 0 aliphatic carbocycles. The Morgan fingerprint density at radius 1 is 1.00 bits per heavy atom. The average Bonchev–Trinajstić information content (AvgIpc) is 3.38. The van der Waals surface area contributed by atoms with Gasteiger partial charge in [-0.25, -0.2) is 9.78 Å². The summed E-state index contributed by atoms with van der Waals surface area (Å²) in [7, 11) is 0. The van der Waals surface area contributed by atoms with Crippen molar-refractivity contribution in [2.24, 2.45) is 0 Å². The van der Waals surface area contributed by atoms with Crippen LogP contribution in [0.3, 0.4) is 0 Å². The SMILES string of the molecule is CCCCNC(=O)Cc1c(C)nc(CCCC)n(Cc2ccc(-c3ccccc3-c3noc(=O)[nH]3)cc2)c1=O. The van der Waals surface area contributed by atoms with Crippen molar-refractivity contribution < 1.29 is 9.32 Å². The van der Waals surface area contributed by atoms with Gasteiger partial charge in [-0.15, -0.1) is 0 Å². The topological polar surface area (TPSA) is 123 Å². The smallest absolute Gasteiger partial charge is 0.356 e. The lowest BCUT2D eigenvalue weighted by atomic mass is 9.98. The molecule has 0 radical (unpaired) electrons. The number of hydrogen-bond donors (Lipinski definition) is 2. The molecule has 2 aromatic carbocycles. The molecule has 9 nitrogen and oxygen atoms in total. The summed E-state index contributed by atoms with van der Waals surface area (Å²) in [6.45, 7) is 6.94. The first-order valence-corrected chi connectivity index (χ1v) is 13.5. The molecule has 0 aliphatic heterocycles. The fourth-order valence-corrected chi connectivity index (χ4v) is 4.54. The van der Waals surface area contributed by atoms with E-state index in [9.17, 15) is 14.4 Å². The van der Waals surface area contributed by atoms with Crippen LogP contribution in [-0.4, -0.2) is 32.1 Å². The van der Waals surface area contributed by atoms with Crippen LogP contribution in [0.25, 0.3) is 22.5 Å². The minimum absolute atomic E-state index is 0.0231. The number of amides is 1. The van der Waals surface area contributed by atoms with Gasteiger partial charge in [-0.3, -0.25) is 23.7 Å². The second-order valence-electron chi connectivity index (χ2n) is 9.65. The average molecular weight is 530 g/mol. The van der Waals surface area contributed by atoms with Gasteiger partial charge in [-0.2, -0.15) is 0 Å². The Bertz CT molecular complexity index is 1530. The van der Waals surface area contributed by atoms with Crippen LogP contribution in [0, 0.1) is 6.92 Å². The third-order valence-electron chi connectivity index (χ3n) is 6.72. The minimum atomic E-state index is -0.607. The van der Waals surface area contributed by atoms with Gasteiger partial charge in [0.1, 0.15) is 5.82 Å². The highest BCUT2D eigenvalue weighted by Gasteiger charge is 2.18. The Morgan fingerprint density at radius 3 is 2.38 bits per heavy atom. The number of aromatic amines is 1. The lowest BCUT2D eigenvalue weighted by molar-refractivity contribution is -0.120. The summed E-state index contributed by atoms with van der Waals surface area (Å²) in [5.74, 6) is 0.335. The monoisotopic (exact) mass is 529 g/mol. The third kappa shape index (κ3) is 6.79. The largest absolute Gasteiger partial charge is 0.439 e. The molecule has 9 heteroatoms. The summed E-state index contributed by atoms with van der Waals surface area (Å²) in [6.07, 6.45) is 4.51. The number of aryl methyl sites for hydroxylation is 2. The van der Waals surface area contributed by atoms with Crippen LogP contribution in [0.5, 0.6) is 0 Å². The van der Waals surface area contributed by atoms with Gasteiger partial charge < -0.3 is 5.32 Å². The van der Waals surface area contributed by atoms with Crippen LogP contribution in [0.4, 0.5) is 0 Å². The zero-order valence-electron chi connectivity index (χ0n) is 22.8. The maximum absolute atomic E-state index is 13.6. The normalized spacial score (nSPS) is 11.1. The summed E-state index contributed by atoms with van der Waals surface area (Å²) >= 11 is 0. The predicted octanol–water partition coefficient (Wildman–Crippen LogP) is 4.41. The second-order valence-corrected chi connectivity index (χ2v) is 9.65. The van der Waals surface area contributed by atoms with Gasteiger partial charge >= 0.3 is 5.76 Å². The summed E-state index contributed by atoms with van der Waals surface area (Å²) < 4.78 is 6.40. The van der Waals surface area contributed by atoms with Gasteiger partial charge in [0.2, 0.25) is 5.91 Å². The second kappa shape index (κ2) is 13.0. The first-order valence-electron chi connectivity index (χ1n) is 13.5. The van der Waals surface area contributed by atoms with E-state index >= 15 is 0 Å². The molecule has 39 heavy (non-hydrogen) atoms. The molecule has 2 heterocycles. The fraction of sp³-hybridized carbons (Fsp3) is 0.367. The number of carbonyl (C=O) groups excluding carboxylic acids is 1. The molecule has 0 spiro atoms. The maximum atomic E-state index is 13.6. The number of carbonyl (C=O) groups is 1. The number of aromatic nitrogens is 4. The van der Waals surface area contributed by atoms with Crippen LogP contribution in [0.15, 0.2) is 62.6 Å². The molecule has 4 aromatic rings. The molecule has 0 aliphatic rings. The van der Waals surface area contributed by atoms with Crippen molar-refractivity contribution in [1.82, 2.24) is 25.0 Å². The fourth-order valence-electron chi connectivity index (χ4n) is 4.54. The molecule has 0 saturated carbocycles. The lowest BCUT2D eigenvalue weighted by Gasteiger charge is -2.16. The highest BCUT2D eigenvalue weighted by molar-refractivity contribution is 5.80. The molecule has 2 N–H and O–H groups in total. The number of rotatable bonds is 12. The molecule has 0 fully saturated rings. The molecular formula is C30H35N5O4. The van der Waals surface area contributed by atoms with E-state index in [1.807, 2.05) is 55.5 Å². The first kappa shape index (κ1) is 27.8. The molecule has 1 amide bonds. The van der Waals surface area contributed by atoms with E-state index in [4.69, 9.17) is 4.98 Å². The number of H-pyrrole nitrogens is 1. The summed E-state index contributed by atoms with van der Waals surface area (Å²) in [5.41, 5.74) is 4.41. The van der Waals surface area contributed by atoms with E-state index in [0.29, 0.717) is 36.6 Å². The van der Waals surface area contributed by atoms with Crippen molar-refractivity contribution in [3.05, 3.63) is 92.1 Å². The Hall–Kier alpha value is -4.27. The van der Waals surface area contributed by atoms with E-state index in [1.54, 1.807) is 4.57 Å². The van der Waals surface area contributed by atoms with Crippen molar-refractivity contribution in [3.63, 3.8) is 0 Å². The van der Waals surface area contributed by atoms with Crippen LogP contribution >= 0.6 is 0 Å². The summed E-state index contributed by atoms with van der Waals surface area (Å²) in [5, 5.41) is 6.73. The molecule has 0 atom stereocenters. The lowest BCUT2D eigenvalue weighted by Crippen LogP contribution is -2.34. The van der Waals surface area contributed by atoms with E-state index in [1.165, 1.54) is 0 Å². The van der Waals surface area contributed by atoms with Gasteiger partial charge in [0.25, 0.3) is 5.56 Å². The maximum Gasteiger partial charge on any atom is 0.439 e. The predicted molar refractivity (Wildman–Crippen MR) is 151 cm³/mol. The van der Waals surface area contributed by atoms with Crippen LogP contribution < -0.4 is 16.6 Å². The third-order valence-corrected chi connectivity index (χ3v) is 6.72. The van der Waals surface area contributed by atoms with Gasteiger partial charge in [-0.1, -0.05) is 80.4 Å². The number of nitrogens with one attached hydrogen (secondary N) is 2. The van der Waals surface area contributed by atoms with Crippen molar-refractivity contribution in [2.75, 3.05) is 6.54 Å². The quantitative estimate of drug-likeness (QED) is 0.262. The van der Waals surface area contributed by atoms with E-state index in [0.717, 1.165) is 53.8 Å². The first-order chi connectivity index (χ1) is 18.9. The van der Waals surface area contributed by atoms with Crippen molar-refractivity contribution in [1.29, 1.82) is 0 Å². The van der Waals surface area contributed by atoms with Crippen molar-refractivity contribution in [3.8, 4) is 22.5 Å². The molecule has 2 aromatic heterocycles. The number of benzene rings is 2. The van der Waals surface area contributed by atoms with E-state index in [2.05, 4.69) is 33.8 Å². The Kier molecular flexibility index (Phi) is 9.25. The number of hydrogen-bond acceptors (Lipinski definition) is 6. The summed E-state index contributed by atoms with van der Waals surface area (Å²) in [6, 6.07) is 15.5. The molecule has 0 unspecified atom stereocenters. The van der Waals surface area contributed by atoms with Crippen LogP contribution in [0.2, 0.25) is 0 Å². The number of nitrogens with zero attached hydrogens (tertiary/aromatic N) is 3. The summed E-state index contributed by atoms with van der Waals surface area (Å²) in [4.78, 5) is 45.0.